The van der Waals surface area contributed by atoms with Gasteiger partial charge in [-0.05, 0) is 97.4 Å². The van der Waals surface area contributed by atoms with Crippen molar-refractivity contribution >= 4 is 28.6 Å². The fraction of sp³-hybridized carbons (Fsp3) is 0.486. The molecule has 10 heteroatoms. The van der Waals surface area contributed by atoms with Gasteiger partial charge in [-0.3, -0.25) is 0 Å². The van der Waals surface area contributed by atoms with E-state index in [1.807, 2.05) is 19.9 Å². The van der Waals surface area contributed by atoms with Gasteiger partial charge in [0, 0.05) is 22.2 Å². The Kier molecular flexibility index (Phi) is 13.6. The summed E-state index contributed by atoms with van der Waals surface area (Å²) in [5, 5.41) is 9.19. The molecule has 1 unspecified atom stereocenters. The summed E-state index contributed by atoms with van der Waals surface area (Å²) in [4.78, 5) is 20.4. The first-order valence-corrected chi connectivity index (χ1v) is 17.7. The molecule has 0 saturated heterocycles. The highest BCUT2D eigenvalue weighted by atomic mass is 127. The second-order valence-corrected chi connectivity index (χ2v) is 12.9. The smallest absolute Gasteiger partial charge is 0.335 e. The van der Waals surface area contributed by atoms with E-state index in [4.69, 9.17) is 23.0 Å². The van der Waals surface area contributed by atoms with Crippen molar-refractivity contribution < 1.29 is 32.9 Å². The number of carboxylic acids is 1. The number of hydrogen-bond acceptors (Lipinski definition) is 8. The number of hydrogen-bond donors (Lipinski definition) is 1. The largest absolute Gasteiger partial charge is 0.479 e. The summed E-state index contributed by atoms with van der Waals surface area (Å²) in [6.45, 7) is 14.7. The Bertz CT molecular complexity index is 1630. The van der Waals surface area contributed by atoms with Crippen LogP contribution < -0.4 is 0 Å². The molecule has 1 aliphatic rings. The van der Waals surface area contributed by atoms with Crippen molar-refractivity contribution in [1.29, 1.82) is 0 Å². The Labute approximate surface area is 291 Å². The number of carboxylic acid groups (broad SMARTS) is 1. The van der Waals surface area contributed by atoms with Crippen molar-refractivity contribution in [1.82, 2.24) is 9.97 Å². The third kappa shape index (κ3) is 10.2. The summed E-state index contributed by atoms with van der Waals surface area (Å²) < 4.78 is 29.7. The summed E-state index contributed by atoms with van der Waals surface area (Å²) in [5.41, 5.74) is 8.74. The number of benzene rings is 2. The Morgan fingerprint density at radius 3 is 1.89 bits per heavy atom. The van der Waals surface area contributed by atoms with Crippen LogP contribution in [0.15, 0.2) is 45.2 Å². The predicted octanol–water partition coefficient (Wildman–Crippen LogP) is 8.80. The average molecular weight is 759 g/mol. The molecular formula is C37H47IN2O7. The summed E-state index contributed by atoms with van der Waals surface area (Å²) in [6.07, 6.45) is 2.67. The van der Waals surface area contributed by atoms with Crippen molar-refractivity contribution in [3.8, 4) is 22.9 Å². The zero-order chi connectivity index (χ0) is 34.1. The molecule has 0 radical (unpaired) electrons. The summed E-state index contributed by atoms with van der Waals surface area (Å²) >= 11 is 2.30. The zero-order valence-corrected chi connectivity index (χ0v) is 30.7. The quantitative estimate of drug-likeness (QED) is 0.112. The maximum atomic E-state index is 11.2. The second-order valence-electron chi connectivity index (χ2n) is 12.2. The van der Waals surface area contributed by atoms with Gasteiger partial charge in [-0.15, -0.1) is 0 Å². The average Bonchev–Trinajstić information content (AvgIpc) is 3.59. The number of ether oxygens (including phenoxy) is 3. The number of aliphatic carboxylic acids is 1. The molecule has 1 N–H and O–H groups in total. The molecule has 0 aliphatic heterocycles. The minimum atomic E-state index is -0.994. The molecule has 2 aromatic heterocycles. The molecule has 47 heavy (non-hydrogen) atoms. The molecule has 3 atom stereocenters. The van der Waals surface area contributed by atoms with E-state index in [0.717, 1.165) is 75.6 Å². The van der Waals surface area contributed by atoms with Crippen molar-refractivity contribution in [2.75, 3.05) is 13.2 Å². The topological polar surface area (TPSA) is 117 Å². The van der Waals surface area contributed by atoms with Crippen LogP contribution in [0.2, 0.25) is 0 Å². The Morgan fingerprint density at radius 2 is 1.40 bits per heavy atom. The highest BCUT2D eigenvalue weighted by Gasteiger charge is 2.27. The number of oxazole rings is 2. The third-order valence-corrected chi connectivity index (χ3v) is 9.02. The van der Waals surface area contributed by atoms with Crippen LogP contribution in [0.4, 0.5) is 0 Å². The van der Waals surface area contributed by atoms with Gasteiger partial charge in [-0.2, -0.15) is 0 Å². The van der Waals surface area contributed by atoms with Crippen molar-refractivity contribution in [3.05, 3.63) is 81.6 Å². The van der Waals surface area contributed by atoms with Crippen LogP contribution in [-0.2, 0) is 30.0 Å². The van der Waals surface area contributed by atoms with Gasteiger partial charge in [-0.1, -0.05) is 58.0 Å². The first-order chi connectivity index (χ1) is 22.5. The van der Waals surface area contributed by atoms with E-state index in [-0.39, 0.29) is 18.8 Å². The lowest BCUT2D eigenvalue weighted by molar-refractivity contribution is -0.157. The number of alkyl halides is 1. The first kappa shape index (κ1) is 36.8. The minimum Gasteiger partial charge on any atom is -0.479 e. The molecule has 2 aromatic carbocycles. The molecule has 254 valence electrons. The molecule has 4 aromatic rings. The number of halogens is 1. The lowest BCUT2D eigenvalue weighted by Gasteiger charge is -2.29. The van der Waals surface area contributed by atoms with E-state index in [0.29, 0.717) is 19.1 Å². The first-order valence-electron chi connectivity index (χ1n) is 16.2. The van der Waals surface area contributed by atoms with Crippen LogP contribution in [0.1, 0.15) is 77.8 Å². The summed E-state index contributed by atoms with van der Waals surface area (Å²) in [7, 11) is 0. The van der Waals surface area contributed by atoms with Gasteiger partial charge >= 0.3 is 5.97 Å². The van der Waals surface area contributed by atoms with Gasteiger partial charge < -0.3 is 28.2 Å². The normalized spacial score (nSPS) is 16.9. The lowest BCUT2D eigenvalue weighted by Crippen LogP contribution is -2.34. The van der Waals surface area contributed by atoms with Crippen LogP contribution in [0, 0.1) is 41.5 Å². The number of aryl methyl sites for hydroxylation is 6. The standard InChI is InChI=1S/C24H33NO6.C13H14INO/c1-5-28-22(24(26)27)14-30-19-8-6-7-18(12-19)29-13-21-17(4)31-23(25-21)20-10-9-15(2)11-16(20)3;1-8-4-5-11(9(2)6-8)13-15-12(7-14)10(3)16-13/h9-11,18-19,22H,5-8,12-14H2,1-4H3,(H,26,27);4-6H,7H2,1-3H3/t18-,19+,22?;/m0./s1. The van der Waals surface area contributed by atoms with Crippen LogP contribution in [0.3, 0.4) is 0 Å². The van der Waals surface area contributed by atoms with Crippen molar-refractivity contribution in [2.24, 2.45) is 0 Å². The van der Waals surface area contributed by atoms with Gasteiger partial charge in [0.25, 0.3) is 0 Å². The summed E-state index contributed by atoms with van der Waals surface area (Å²) in [5.74, 6) is 2.05. The fourth-order valence-electron chi connectivity index (χ4n) is 5.67. The lowest BCUT2D eigenvalue weighted by atomic mass is 9.95. The Balaban J connectivity index is 0.000000261. The van der Waals surface area contributed by atoms with Crippen LogP contribution in [0.25, 0.3) is 22.9 Å². The molecule has 1 fully saturated rings. The van der Waals surface area contributed by atoms with Crippen LogP contribution in [0.5, 0.6) is 0 Å². The molecule has 1 aliphatic carbocycles. The predicted molar refractivity (Wildman–Crippen MR) is 190 cm³/mol. The maximum Gasteiger partial charge on any atom is 0.335 e. The number of carbonyl (C=O) groups is 1. The van der Waals surface area contributed by atoms with E-state index in [9.17, 15) is 9.90 Å². The molecule has 0 amide bonds. The van der Waals surface area contributed by atoms with Gasteiger partial charge in [0.05, 0.1) is 31.1 Å². The molecule has 0 bridgehead atoms. The highest BCUT2D eigenvalue weighted by Crippen LogP contribution is 2.29. The van der Waals surface area contributed by atoms with Gasteiger partial charge in [0.1, 0.15) is 17.2 Å². The van der Waals surface area contributed by atoms with E-state index in [2.05, 4.69) is 90.6 Å². The highest BCUT2D eigenvalue weighted by molar-refractivity contribution is 14.1. The Morgan fingerprint density at radius 1 is 0.872 bits per heavy atom. The Hall–Kier alpha value is -3.06. The number of nitrogens with zero attached hydrogens (tertiary/aromatic N) is 2. The van der Waals surface area contributed by atoms with Crippen LogP contribution >= 0.6 is 22.6 Å². The molecule has 5 rings (SSSR count). The third-order valence-electron chi connectivity index (χ3n) is 8.30. The second kappa shape index (κ2) is 17.4. The van der Waals surface area contributed by atoms with Gasteiger partial charge in [-0.25, -0.2) is 14.8 Å². The van der Waals surface area contributed by atoms with Crippen LogP contribution in [-0.4, -0.2) is 52.6 Å². The molecular weight excluding hydrogens is 711 g/mol. The zero-order valence-electron chi connectivity index (χ0n) is 28.5. The van der Waals surface area contributed by atoms with Crippen molar-refractivity contribution in [3.63, 3.8) is 0 Å². The molecule has 0 spiro atoms. The van der Waals surface area contributed by atoms with E-state index in [1.165, 1.54) is 16.7 Å². The monoisotopic (exact) mass is 758 g/mol. The minimum absolute atomic E-state index is 0.0229. The van der Waals surface area contributed by atoms with Gasteiger partial charge in [0.15, 0.2) is 6.10 Å². The summed E-state index contributed by atoms with van der Waals surface area (Å²) in [6, 6.07) is 12.5. The maximum absolute atomic E-state index is 11.2. The van der Waals surface area contributed by atoms with Crippen molar-refractivity contribution in [2.45, 2.75) is 103 Å². The molecule has 9 nitrogen and oxygen atoms in total. The molecule has 2 heterocycles. The SMILES string of the molecule is CCOC(CO[C@@H]1CCC[C@H](OCc2nc(-c3ccc(C)cc3C)oc2C)C1)C(=O)O.Cc1ccc(-c2nc(CI)c(C)o2)c(C)c1. The fourth-order valence-corrected chi connectivity index (χ4v) is 6.38. The van der Waals surface area contributed by atoms with E-state index < -0.39 is 12.1 Å². The number of rotatable bonds is 12. The van der Waals surface area contributed by atoms with E-state index in [1.54, 1.807) is 6.92 Å². The molecule has 1 saturated carbocycles. The number of aromatic nitrogens is 2. The van der Waals surface area contributed by atoms with Gasteiger partial charge in [0.2, 0.25) is 11.8 Å². The van der Waals surface area contributed by atoms with E-state index >= 15 is 0 Å².